The predicted molar refractivity (Wildman–Crippen MR) is 81.3 cm³/mol. The van der Waals surface area contributed by atoms with E-state index in [0.29, 0.717) is 24.3 Å². The van der Waals surface area contributed by atoms with Gasteiger partial charge in [-0.2, -0.15) is 0 Å². The quantitative estimate of drug-likeness (QED) is 0.677. The Morgan fingerprint density at radius 2 is 2.10 bits per heavy atom. The number of hydrogen-bond donors (Lipinski definition) is 3. The fourth-order valence-electron chi connectivity index (χ4n) is 2.61. The molecule has 1 aromatic rings. The van der Waals surface area contributed by atoms with E-state index in [0.717, 1.165) is 12.8 Å². The molecule has 1 aliphatic heterocycles. The minimum Gasteiger partial charge on any atom is -0.399 e. The fourth-order valence-corrected chi connectivity index (χ4v) is 3.58. The lowest BCUT2D eigenvalue weighted by Gasteiger charge is -2.36. The highest BCUT2D eigenvalue weighted by Crippen LogP contribution is 2.32. The molecular formula is C13H20N4O3S. The van der Waals surface area contributed by atoms with Gasteiger partial charge in [0.05, 0.1) is 5.69 Å². The molecule has 116 valence electrons. The third kappa shape index (κ3) is 3.11. The average Bonchev–Trinajstić information content (AvgIpc) is 2.47. The molecule has 2 rings (SSSR count). The van der Waals surface area contributed by atoms with Crippen LogP contribution in [0.4, 0.5) is 11.4 Å². The van der Waals surface area contributed by atoms with Crippen LogP contribution in [0.25, 0.3) is 0 Å². The molecular weight excluding hydrogens is 292 g/mol. The van der Waals surface area contributed by atoms with Crippen LogP contribution in [0, 0.1) is 0 Å². The van der Waals surface area contributed by atoms with Crippen LogP contribution in [0.3, 0.4) is 0 Å². The van der Waals surface area contributed by atoms with Gasteiger partial charge in [-0.25, -0.2) is 13.1 Å². The summed E-state index contributed by atoms with van der Waals surface area (Å²) in [5, 5.41) is 0. The second kappa shape index (κ2) is 5.90. The molecule has 7 nitrogen and oxygen atoms in total. The molecule has 1 aromatic carbocycles. The van der Waals surface area contributed by atoms with Crippen molar-refractivity contribution >= 4 is 27.3 Å². The first-order valence-corrected chi connectivity index (χ1v) is 8.24. The summed E-state index contributed by atoms with van der Waals surface area (Å²) in [6.07, 6.45) is 2.40. The van der Waals surface area contributed by atoms with E-state index in [9.17, 15) is 13.2 Å². The van der Waals surface area contributed by atoms with Crippen LogP contribution in [0.1, 0.15) is 19.3 Å². The number of benzene rings is 1. The third-order valence-electron chi connectivity index (χ3n) is 3.68. The second-order valence-electron chi connectivity index (χ2n) is 5.04. The minimum atomic E-state index is -3.67. The summed E-state index contributed by atoms with van der Waals surface area (Å²) >= 11 is 0. The summed E-state index contributed by atoms with van der Waals surface area (Å²) in [5.74, 6) is -0.445. The first-order valence-electron chi connectivity index (χ1n) is 6.76. The SMILES string of the molecule is CNS(=O)(=O)c1cc(N)ccc1N1CCCCC1C(N)=O. The van der Waals surface area contributed by atoms with Crippen LogP contribution in [0.2, 0.25) is 0 Å². The smallest absolute Gasteiger partial charge is 0.242 e. The Labute approximate surface area is 124 Å². The number of carbonyl (C=O) groups excluding carboxylic acids is 1. The standard InChI is InChI=1S/C13H20N4O3S/c1-16-21(19,20)12-8-9(14)5-6-10(12)17-7-3-2-4-11(17)13(15)18/h5-6,8,11,16H,2-4,7,14H2,1H3,(H2,15,18). The van der Waals surface area contributed by atoms with Gasteiger partial charge in [0, 0.05) is 12.2 Å². The summed E-state index contributed by atoms with van der Waals surface area (Å²) in [6, 6.07) is 4.15. The van der Waals surface area contributed by atoms with Crippen LogP contribution >= 0.6 is 0 Å². The number of carbonyl (C=O) groups is 1. The van der Waals surface area contributed by atoms with Crippen LogP contribution in [0.5, 0.6) is 0 Å². The number of piperidine rings is 1. The van der Waals surface area contributed by atoms with Gasteiger partial charge in [0.15, 0.2) is 0 Å². The number of nitrogens with one attached hydrogen (secondary N) is 1. The van der Waals surface area contributed by atoms with Crippen molar-refractivity contribution in [3.8, 4) is 0 Å². The van der Waals surface area contributed by atoms with Crippen molar-refractivity contribution in [2.24, 2.45) is 5.73 Å². The summed E-state index contributed by atoms with van der Waals surface area (Å²) in [4.78, 5) is 13.5. The van der Waals surface area contributed by atoms with Crippen LogP contribution in [-0.4, -0.2) is 34.0 Å². The molecule has 0 aliphatic carbocycles. The van der Waals surface area contributed by atoms with Gasteiger partial charge >= 0.3 is 0 Å². The highest BCUT2D eigenvalue weighted by atomic mass is 32.2. The van der Waals surface area contributed by atoms with E-state index < -0.39 is 22.0 Å². The van der Waals surface area contributed by atoms with E-state index in [1.807, 2.05) is 0 Å². The third-order valence-corrected chi connectivity index (χ3v) is 5.13. The molecule has 0 saturated carbocycles. The van der Waals surface area contributed by atoms with E-state index in [2.05, 4.69) is 4.72 Å². The van der Waals surface area contributed by atoms with E-state index in [1.54, 1.807) is 17.0 Å². The Kier molecular flexibility index (Phi) is 4.38. The molecule has 5 N–H and O–H groups in total. The molecule has 8 heteroatoms. The molecule has 1 saturated heterocycles. The van der Waals surface area contributed by atoms with Gasteiger partial charge in [0.2, 0.25) is 15.9 Å². The Bertz CT molecular complexity index is 645. The molecule has 1 aliphatic rings. The zero-order valence-corrected chi connectivity index (χ0v) is 12.7. The van der Waals surface area contributed by atoms with Crippen LogP contribution in [0.15, 0.2) is 23.1 Å². The number of nitrogens with zero attached hydrogens (tertiary/aromatic N) is 1. The van der Waals surface area contributed by atoms with Gasteiger partial charge in [-0.05, 0) is 44.5 Å². The van der Waals surface area contributed by atoms with Gasteiger partial charge in [0.25, 0.3) is 0 Å². The summed E-state index contributed by atoms with van der Waals surface area (Å²) in [7, 11) is -2.34. The second-order valence-corrected chi connectivity index (χ2v) is 6.90. The molecule has 1 unspecified atom stereocenters. The van der Waals surface area contributed by atoms with Gasteiger partial charge in [-0.3, -0.25) is 4.79 Å². The Morgan fingerprint density at radius 1 is 1.38 bits per heavy atom. The maximum Gasteiger partial charge on any atom is 0.242 e. The minimum absolute atomic E-state index is 0.0677. The first kappa shape index (κ1) is 15.6. The zero-order chi connectivity index (χ0) is 15.6. The zero-order valence-electron chi connectivity index (χ0n) is 11.9. The molecule has 1 heterocycles. The molecule has 0 bridgehead atoms. The predicted octanol–water partition coefficient (Wildman–Crippen LogP) is 0.0211. The van der Waals surface area contributed by atoms with E-state index in [-0.39, 0.29) is 4.90 Å². The monoisotopic (exact) mass is 312 g/mol. The van der Waals surface area contributed by atoms with Gasteiger partial charge in [0.1, 0.15) is 10.9 Å². The van der Waals surface area contributed by atoms with Gasteiger partial charge in [-0.1, -0.05) is 0 Å². The number of rotatable bonds is 4. The Balaban J connectivity index is 2.54. The average molecular weight is 312 g/mol. The summed E-state index contributed by atoms with van der Waals surface area (Å²) < 4.78 is 26.6. The lowest BCUT2D eigenvalue weighted by atomic mass is 10.0. The molecule has 1 amide bonds. The number of hydrogen-bond acceptors (Lipinski definition) is 5. The number of amides is 1. The van der Waals surface area contributed by atoms with Crippen molar-refractivity contribution in [1.82, 2.24) is 4.72 Å². The molecule has 21 heavy (non-hydrogen) atoms. The topological polar surface area (TPSA) is 119 Å². The highest BCUT2D eigenvalue weighted by molar-refractivity contribution is 7.89. The normalized spacial score (nSPS) is 19.5. The lowest BCUT2D eigenvalue weighted by Crippen LogP contribution is -2.48. The molecule has 1 atom stereocenters. The number of anilines is 2. The molecule has 1 fully saturated rings. The van der Waals surface area contributed by atoms with Crippen molar-refractivity contribution in [3.63, 3.8) is 0 Å². The molecule has 0 aromatic heterocycles. The first-order chi connectivity index (χ1) is 9.86. The van der Waals surface area contributed by atoms with Gasteiger partial charge in [-0.15, -0.1) is 0 Å². The van der Waals surface area contributed by atoms with Crippen molar-refractivity contribution in [1.29, 1.82) is 0 Å². The Hall–Kier alpha value is -1.80. The number of primary amides is 1. The number of nitrogen functional groups attached to an aromatic ring is 1. The maximum absolute atomic E-state index is 12.2. The van der Waals surface area contributed by atoms with E-state index in [4.69, 9.17) is 11.5 Å². The number of sulfonamides is 1. The van der Waals surface area contributed by atoms with Gasteiger partial charge < -0.3 is 16.4 Å². The molecule has 0 spiro atoms. The van der Waals surface area contributed by atoms with E-state index in [1.165, 1.54) is 13.1 Å². The highest BCUT2D eigenvalue weighted by Gasteiger charge is 2.31. The summed E-state index contributed by atoms with van der Waals surface area (Å²) in [6.45, 7) is 0.587. The van der Waals surface area contributed by atoms with E-state index >= 15 is 0 Å². The Morgan fingerprint density at radius 3 is 2.71 bits per heavy atom. The maximum atomic E-state index is 12.2. The van der Waals surface area contributed by atoms with Crippen molar-refractivity contribution in [2.45, 2.75) is 30.2 Å². The van der Waals surface area contributed by atoms with Crippen LogP contribution in [-0.2, 0) is 14.8 Å². The lowest BCUT2D eigenvalue weighted by molar-refractivity contribution is -0.119. The fraction of sp³-hybridized carbons (Fsp3) is 0.462. The molecule has 0 radical (unpaired) electrons. The summed E-state index contributed by atoms with van der Waals surface area (Å²) in [5.41, 5.74) is 12.0. The van der Waals surface area contributed by atoms with Crippen molar-refractivity contribution in [2.75, 3.05) is 24.2 Å². The van der Waals surface area contributed by atoms with Crippen molar-refractivity contribution in [3.05, 3.63) is 18.2 Å². The largest absolute Gasteiger partial charge is 0.399 e. The number of nitrogens with two attached hydrogens (primary N) is 2. The van der Waals surface area contributed by atoms with Crippen molar-refractivity contribution < 1.29 is 13.2 Å². The van der Waals surface area contributed by atoms with Crippen LogP contribution < -0.4 is 21.1 Å².